The van der Waals surface area contributed by atoms with Gasteiger partial charge in [0.2, 0.25) is 21.8 Å². The predicted molar refractivity (Wildman–Crippen MR) is 129 cm³/mol. The highest BCUT2D eigenvalue weighted by molar-refractivity contribution is 7.92. The molecule has 178 valence electrons. The van der Waals surface area contributed by atoms with Crippen molar-refractivity contribution in [3.63, 3.8) is 0 Å². The molecular weight excluding hydrogens is 442 g/mol. The number of rotatable bonds is 9. The largest absolute Gasteiger partial charge is 0.366 e. The SMILES string of the molecule is CS(=O)(=O)Nc1ccccc1N1CCN(C(=O)CNC(=O)CCc2ccccc2CN)CC1. The van der Waals surface area contributed by atoms with Gasteiger partial charge in [-0.1, -0.05) is 36.4 Å². The molecule has 2 aromatic rings. The summed E-state index contributed by atoms with van der Waals surface area (Å²) in [6.45, 7) is 2.51. The highest BCUT2D eigenvalue weighted by Gasteiger charge is 2.23. The highest BCUT2D eigenvalue weighted by atomic mass is 32.2. The van der Waals surface area contributed by atoms with E-state index >= 15 is 0 Å². The number of anilines is 2. The van der Waals surface area contributed by atoms with Gasteiger partial charge in [-0.3, -0.25) is 14.3 Å². The molecule has 0 saturated carbocycles. The van der Waals surface area contributed by atoms with E-state index in [1.165, 1.54) is 0 Å². The number of aryl methyl sites for hydroxylation is 1. The Morgan fingerprint density at radius 3 is 2.27 bits per heavy atom. The van der Waals surface area contributed by atoms with Gasteiger partial charge in [0.15, 0.2) is 0 Å². The van der Waals surface area contributed by atoms with Crippen LogP contribution in [0, 0.1) is 0 Å². The molecular formula is C23H31N5O4S. The second-order valence-electron chi connectivity index (χ2n) is 8.01. The molecule has 33 heavy (non-hydrogen) atoms. The summed E-state index contributed by atoms with van der Waals surface area (Å²) in [5.41, 5.74) is 9.10. The fraction of sp³-hybridized carbons (Fsp3) is 0.391. The average Bonchev–Trinajstić information content (AvgIpc) is 2.81. The van der Waals surface area contributed by atoms with Gasteiger partial charge in [-0.2, -0.15) is 0 Å². The van der Waals surface area contributed by atoms with Crippen LogP contribution >= 0.6 is 0 Å². The lowest BCUT2D eigenvalue weighted by molar-refractivity contribution is -0.133. The standard InChI is InChI=1S/C23H31N5O4S/c1-33(31,32)26-20-8-4-5-9-21(20)27-12-14-28(15-13-27)23(30)17-25-22(29)11-10-18-6-2-3-7-19(18)16-24/h2-9,26H,10-17,24H2,1H3,(H,25,29). The van der Waals surface area contributed by atoms with Crippen LogP contribution in [0.4, 0.5) is 11.4 Å². The quantitative estimate of drug-likeness (QED) is 0.497. The maximum Gasteiger partial charge on any atom is 0.242 e. The zero-order chi connectivity index (χ0) is 23.8. The average molecular weight is 474 g/mol. The van der Waals surface area contributed by atoms with Crippen LogP contribution < -0.4 is 20.7 Å². The third-order valence-corrected chi connectivity index (χ3v) is 6.16. The minimum atomic E-state index is -3.39. The molecule has 9 nitrogen and oxygen atoms in total. The monoisotopic (exact) mass is 473 g/mol. The molecule has 3 rings (SSSR count). The number of nitrogens with two attached hydrogens (primary N) is 1. The number of nitrogens with one attached hydrogen (secondary N) is 2. The second-order valence-corrected chi connectivity index (χ2v) is 9.76. The summed E-state index contributed by atoms with van der Waals surface area (Å²) in [4.78, 5) is 28.5. The van der Waals surface area contributed by atoms with E-state index in [-0.39, 0.29) is 18.4 Å². The molecule has 0 aromatic heterocycles. The molecule has 4 N–H and O–H groups in total. The van der Waals surface area contributed by atoms with Crippen molar-refractivity contribution in [2.45, 2.75) is 19.4 Å². The van der Waals surface area contributed by atoms with E-state index in [4.69, 9.17) is 5.73 Å². The Kier molecular flexibility index (Phi) is 8.29. The van der Waals surface area contributed by atoms with Crippen molar-refractivity contribution in [2.75, 3.05) is 48.6 Å². The van der Waals surface area contributed by atoms with Crippen molar-refractivity contribution in [2.24, 2.45) is 5.73 Å². The first-order valence-corrected chi connectivity index (χ1v) is 12.8. The second kappa shape index (κ2) is 11.2. The van der Waals surface area contributed by atoms with E-state index in [2.05, 4.69) is 10.0 Å². The molecule has 1 aliphatic rings. The Morgan fingerprint density at radius 2 is 1.61 bits per heavy atom. The predicted octanol–water partition coefficient (Wildman–Crippen LogP) is 0.914. The van der Waals surface area contributed by atoms with E-state index in [9.17, 15) is 18.0 Å². The van der Waals surface area contributed by atoms with E-state index in [0.29, 0.717) is 51.3 Å². The maximum atomic E-state index is 12.6. The molecule has 0 radical (unpaired) electrons. The molecule has 1 fully saturated rings. The maximum absolute atomic E-state index is 12.6. The van der Waals surface area contributed by atoms with E-state index in [1.54, 1.807) is 17.0 Å². The number of amides is 2. The number of sulfonamides is 1. The Morgan fingerprint density at radius 1 is 0.970 bits per heavy atom. The molecule has 0 unspecified atom stereocenters. The molecule has 0 atom stereocenters. The Hall–Kier alpha value is -3.11. The molecule has 0 aliphatic carbocycles. The fourth-order valence-corrected chi connectivity index (χ4v) is 4.43. The number of benzene rings is 2. The summed E-state index contributed by atoms with van der Waals surface area (Å²) in [6.07, 6.45) is 1.99. The van der Waals surface area contributed by atoms with Crippen LogP contribution in [0.1, 0.15) is 17.5 Å². The zero-order valence-electron chi connectivity index (χ0n) is 18.8. The lowest BCUT2D eigenvalue weighted by Gasteiger charge is -2.37. The Labute approximate surface area is 195 Å². The first-order chi connectivity index (χ1) is 15.8. The van der Waals surface area contributed by atoms with Crippen molar-refractivity contribution < 1.29 is 18.0 Å². The topological polar surface area (TPSA) is 125 Å². The number of carbonyl (C=O) groups is 2. The molecule has 1 aliphatic heterocycles. The molecule has 1 heterocycles. The third kappa shape index (κ3) is 7.19. The molecule has 2 aromatic carbocycles. The highest BCUT2D eigenvalue weighted by Crippen LogP contribution is 2.27. The summed E-state index contributed by atoms with van der Waals surface area (Å²) >= 11 is 0. The van der Waals surface area contributed by atoms with Crippen LogP contribution in [0.15, 0.2) is 48.5 Å². The summed E-state index contributed by atoms with van der Waals surface area (Å²) in [5, 5.41) is 2.71. The third-order valence-electron chi connectivity index (χ3n) is 5.57. The van der Waals surface area contributed by atoms with E-state index < -0.39 is 10.0 Å². The van der Waals surface area contributed by atoms with Crippen molar-refractivity contribution in [1.29, 1.82) is 0 Å². The van der Waals surface area contributed by atoms with Crippen LogP contribution in [-0.4, -0.2) is 64.1 Å². The summed E-state index contributed by atoms with van der Waals surface area (Å²) < 4.78 is 25.8. The number of hydrogen-bond acceptors (Lipinski definition) is 6. The van der Waals surface area contributed by atoms with Gasteiger partial charge in [0.25, 0.3) is 0 Å². The first kappa shape index (κ1) is 24.5. The molecule has 2 amide bonds. The summed E-state index contributed by atoms with van der Waals surface area (Å²) in [7, 11) is -3.39. The summed E-state index contributed by atoms with van der Waals surface area (Å²) in [6, 6.07) is 14.9. The van der Waals surface area contributed by atoms with Gasteiger partial charge < -0.3 is 20.9 Å². The van der Waals surface area contributed by atoms with Gasteiger partial charge in [-0.25, -0.2) is 8.42 Å². The Bertz CT molecular complexity index is 1080. The number of carbonyl (C=O) groups excluding carboxylic acids is 2. The van der Waals surface area contributed by atoms with Crippen LogP contribution in [0.25, 0.3) is 0 Å². The number of hydrogen-bond donors (Lipinski definition) is 3. The van der Waals surface area contributed by atoms with Crippen LogP contribution in [0.5, 0.6) is 0 Å². The fourth-order valence-electron chi connectivity index (χ4n) is 3.86. The molecule has 0 spiro atoms. The van der Waals surface area contributed by atoms with Gasteiger partial charge >= 0.3 is 0 Å². The van der Waals surface area contributed by atoms with Gasteiger partial charge in [-0.05, 0) is 29.7 Å². The molecule has 1 saturated heterocycles. The van der Waals surface area contributed by atoms with Crippen molar-refractivity contribution in [3.05, 3.63) is 59.7 Å². The van der Waals surface area contributed by atoms with E-state index in [0.717, 1.165) is 23.1 Å². The van der Waals surface area contributed by atoms with Crippen molar-refractivity contribution in [3.8, 4) is 0 Å². The van der Waals surface area contributed by atoms with Gasteiger partial charge in [-0.15, -0.1) is 0 Å². The van der Waals surface area contributed by atoms with Crippen LogP contribution in [-0.2, 0) is 32.6 Å². The smallest absolute Gasteiger partial charge is 0.242 e. The molecule has 10 heteroatoms. The number of para-hydroxylation sites is 2. The van der Waals surface area contributed by atoms with E-state index in [1.807, 2.05) is 41.3 Å². The first-order valence-electron chi connectivity index (χ1n) is 10.9. The number of nitrogens with zero attached hydrogens (tertiary/aromatic N) is 2. The van der Waals surface area contributed by atoms with Crippen LogP contribution in [0.3, 0.4) is 0 Å². The minimum absolute atomic E-state index is 0.0381. The van der Waals surface area contributed by atoms with Gasteiger partial charge in [0.1, 0.15) is 0 Å². The normalized spacial score (nSPS) is 14.1. The zero-order valence-corrected chi connectivity index (χ0v) is 19.6. The summed E-state index contributed by atoms with van der Waals surface area (Å²) in [5.74, 6) is -0.303. The van der Waals surface area contributed by atoms with Crippen molar-refractivity contribution >= 4 is 33.2 Å². The van der Waals surface area contributed by atoms with Crippen LogP contribution in [0.2, 0.25) is 0 Å². The lowest BCUT2D eigenvalue weighted by atomic mass is 10.0. The molecule has 0 bridgehead atoms. The van der Waals surface area contributed by atoms with Gasteiger partial charge in [0, 0.05) is 39.1 Å². The lowest BCUT2D eigenvalue weighted by Crippen LogP contribution is -2.51. The Balaban J connectivity index is 1.46. The number of piperazine rings is 1. The minimum Gasteiger partial charge on any atom is -0.366 e. The van der Waals surface area contributed by atoms with Gasteiger partial charge in [0.05, 0.1) is 24.2 Å². The van der Waals surface area contributed by atoms with Crippen molar-refractivity contribution in [1.82, 2.24) is 10.2 Å².